The molecule has 2 N–H and O–H groups in total. The summed E-state index contributed by atoms with van der Waals surface area (Å²) in [5.41, 5.74) is 1.37. The quantitative estimate of drug-likeness (QED) is 0.698. The van der Waals surface area contributed by atoms with Crippen LogP contribution in [-0.4, -0.2) is 32.2 Å². The highest BCUT2D eigenvalue weighted by atomic mass is 32.1. The Kier molecular flexibility index (Phi) is 5.08. The lowest BCUT2D eigenvalue weighted by atomic mass is 10.2. The summed E-state index contributed by atoms with van der Waals surface area (Å²) < 4.78 is 1.32. The maximum absolute atomic E-state index is 12.0. The second-order valence-electron chi connectivity index (χ2n) is 5.62. The van der Waals surface area contributed by atoms with Crippen LogP contribution in [0, 0.1) is 13.8 Å². The molecule has 9 heteroatoms. The van der Waals surface area contributed by atoms with Gasteiger partial charge in [0.1, 0.15) is 5.69 Å². The number of H-pyrrole nitrogens is 1. The van der Waals surface area contributed by atoms with Crippen LogP contribution in [0.3, 0.4) is 0 Å². The fourth-order valence-electron chi connectivity index (χ4n) is 2.43. The summed E-state index contributed by atoms with van der Waals surface area (Å²) in [6.07, 6.45) is 1.34. The third-order valence-electron chi connectivity index (χ3n) is 3.66. The van der Waals surface area contributed by atoms with E-state index in [0.29, 0.717) is 11.3 Å². The molecule has 0 bridgehead atoms. The first kappa shape index (κ1) is 17.7. The summed E-state index contributed by atoms with van der Waals surface area (Å²) in [6, 6.07) is 5.86. The van der Waals surface area contributed by atoms with Gasteiger partial charge in [-0.05, 0) is 26.0 Å². The number of aromatic amines is 1. The summed E-state index contributed by atoms with van der Waals surface area (Å²) in [5, 5.41) is 8.01. The van der Waals surface area contributed by atoms with Crippen molar-refractivity contribution in [2.45, 2.75) is 20.4 Å². The van der Waals surface area contributed by atoms with Crippen LogP contribution in [0.4, 0.5) is 0 Å². The van der Waals surface area contributed by atoms with Crippen molar-refractivity contribution in [3.63, 3.8) is 0 Å². The van der Waals surface area contributed by atoms with Gasteiger partial charge in [0, 0.05) is 24.9 Å². The average Bonchev–Trinajstić information content (AvgIpc) is 2.95. The maximum Gasteiger partial charge on any atom is 0.266 e. The van der Waals surface area contributed by atoms with Crippen LogP contribution < -0.4 is 16.4 Å². The Hall–Kier alpha value is -3.07. The molecule has 0 atom stereocenters. The molecule has 8 nitrogen and oxygen atoms in total. The molecule has 3 rings (SSSR count). The number of carbonyl (C=O) groups is 1. The molecule has 0 aliphatic rings. The normalized spacial score (nSPS) is 10.7. The molecule has 26 heavy (non-hydrogen) atoms. The molecule has 0 saturated carbocycles. The lowest BCUT2D eigenvalue weighted by Crippen LogP contribution is -2.32. The number of hydrogen-bond acceptors (Lipinski definition) is 6. The van der Waals surface area contributed by atoms with Crippen molar-refractivity contribution in [2.24, 2.45) is 0 Å². The molecule has 1 amide bonds. The fraction of sp³-hybridized carbons (Fsp3) is 0.235. The summed E-state index contributed by atoms with van der Waals surface area (Å²) in [6.45, 7) is 4.29. The fourth-order valence-corrected chi connectivity index (χ4v) is 3.31. The number of thiazole rings is 1. The van der Waals surface area contributed by atoms with Gasteiger partial charge in [-0.2, -0.15) is 5.10 Å². The molecular formula is C17H17N5O3S. The van der Waals surface area contributed by atoms with Crippen LogP contribution in [0.5, 0.6) is 0 Å². The number of rotatable bonds is 5. The number of hydrogen-bond donors (Lipinski definition) is 2. The standard InChI is InChI=1S/C17H17N5O3S/c1-10-16(26-11(2)20-10)13-4-6-15(24)22(21-13)8-7-18-17(25)12-3-5-14(23)19-9-12/h3-6,9H,7-8H2,1-2H3,(H,18,25)(H,19,23). The van der Waals surface area contributed by atoms with Crippen LogP contribution >= 0.6 is 11.3 Å². The molecule has 0 spiro atoms. The number of carbonyl (C=O) groups excluding carboxylic acids is 1. The topological polar surface area (TPSA) is 110 Å². The highest BCUT2D eigenvalue weighted by Crippen LogP contribution is 2.27. The SMILES string of the molecule is Cc1nc(C)c(-c2ccc(=O)n(CCNC(=O)c3ccc(=O)[nH]c3)n2)s1. The lowest BCUT2D eigenvalue weighted by molar-refractivity contribution is 0.0951. The summed E-state index contributed by atoms with van der Waals surface area (Å²) in [4.78, 5) is 42.8. The zero-order chi connectivity index (χ0) is 18.7. The number of pyridine rings is 1. The molecule has 3 aromatic rings. The number of amides is 1. The van der Waals surface area contributed by atoms with E-state index in [1.54, 1.807) is 6.07 Å². The lowest BCUT2D eigenvalue weighted by Gasteiger charge is -2.08. The largest absolute Gasteiger partial charge is 0.350 e. The van der Waals surface area contributed by atoms with Crippen molar-refractivity contribution in [1.29, 1.82) is 0 Å². The molecule has 3 aromatic heterocycles. The minimum absolute atomic E-state index is 0.231. The first-order valence-corrected chi connectivity index (χ1v) is 8.75. The molecule has 0 radical (unpaired) electrons. The van der Waals surface area contributed by atoms with Crippen molar-refractivity contribution in [3.8, 4) is 10.6 Å². The van der Waals surface area contributed by atoms with Gasteiger partial charge in [0.25, 0.3) is 11.5 Å². The highest BCUT2D eigenvalue weighted by molar-refractivity contribution is 7.15. The predicted molar refractivity (Wildman–Crippen MR) is 98.5 cm³/mol. The van der Waals surface area contributed by atoms with E-state index in [1.807, 2.05) is 13.8 Å². The Bertz CT molecular complexity index is 1050. The monoisotopic (exact) mass is 371 g/mol. The Morgan fingerprint density at radius 1 is 1.23 bits per heavy atom. The molecule has 0 fully saturated rings. The van der Waals surface area contributed by atoms with Crippen molar-refractivity contribution >= 4 is 17.2 Å². The van der Waals surface area contributed by atoms with Gasteiger partial charge in [-0.25, -0.2) is 9.67 Å². The Balaban J connectivity index is 1.70. The molecule has 0 aromatic carbocycles. The maximum atomic E-state index is 12.0. The van der Waals surface area contributed by atoms with Gasteiger partial charge in [-0.3, -0.25) is 14.4 Å². The first-order chi connectivity index (χ1) is 12.4. The first-order valence-electron chi connectivity index (χ1n) is 7.93. The number of nitrogens with one attached hydrogen (secondary N) is 2. The van der Waals surface area contributed by atoms with E-state index < -0.39 is 0 Å². The van der Waals surface area contributed by atoms with Gasteiger partial charge < -0.3 is 10.3 Å². The van der Waals surface area contributed by atoms with Gasteiger partial charge >= 0.3 is 0 Å². The van der Waals surface area contributed by atoms with E-state index in [9.17, 15) is 14.4 Å². The van der Waals surface area contributed by atoms with Crippen molar-refractivity contribution in [1.82, 2.24) is 25.1 Å². The minimum Gasteiger partial charge on any atom is -0.350 e. The number of aryl methyl sites for hydroxylation is 2. The van der Waals surface area contributed by atoms with Crippen molar-refractivity contribution < 1.29 is 4.79 Å². The second-order valence-corrected chi connectivity index (χ2v) is 6.83. The smallest absolute Gasteiger partial charge is 0.266 e. The van der Waals surface area contributed by atoms with Gasteiger partial charge in [0.15, 0.2) is 0 Å². The summed E-state index contributed by atoms with van der Waals surface area (Å²) in [7, 11) is 0. The van der Waals surface area contributed by atoms with Crippen LogP contribution in [-0.2, 0) is 6.54 Å². The van der Waals surface area contributed by atoms with Crippen molar-refractivity contribution in [2.75, 3.05) is 6.54 Å². The van der Waals surface area contributed by atoms with Gasteiger partial charge in [0.05, 0.1) is 27.7 Å². The van der Waals surface area contributed by atoms with E-state index in [0.717, 1.165) is 15.6 Å². The van der Waals surface area contributed by atoms with Crippen molar-refractivity contribution in [3.05, 3.63) is 67.4 Å². The molecule has 3 heterocycles. The van der Waals surface area contributed by atoms with E-state index in [1.165, 1.54) is 40.4 Å². The van der Waals surface area contributed by atoms with Crippen LogP contribution in [0.2, 0.25) is 0 Å². The summed E-state index contributed by atoms with van der Waals surface area (Å²) >= 11 is 1.52. The Morgan fingerprint density at radius 3 is 2.69 bits per heavy atom. The van der Waals surface area contributed by atoms with Crippen LogP contribution in [0.1, 0.15) is 21.1 Å². The number of nitrogens with zero attached hydrogens (tertiary/aromatic N) is 3. The molecule has 0 aliphatic heterocycles. The third-order valence-corrected chi connectivity index (χ3v) is 4.75. The highest BCUT2D eigenvalue weighted by Gasteiger charge is 2.11. The Labute approximate surface area is 152 Å². The zero-order valence-electron chi connectivity index (χ0n) is 14.3. The van der Waals surface area contributed by atoms with Gasteiger partial charge in [-0.15, -0.1) is 11.3 Å². The summed E-state index contributed by atoms with van der Waals surface area (Å²) in [5.74, 6) is -0.334. The minimum atomic E-state index is -0.334. The van der Waals surface area contributed by atoms with Crippen LogP contribution in [0.25, 0.3) is 10.6 Å². The van der Waals surface area contributed by atoms with Crippen LogP contribution in [0.15, 0.2) is 40.1 Å². The van der Waals surface area contributed by atoms with E-state index in [4.69, 9.17) is 0 Å². The Morgan fingerprint density at radius 2 is 2.04 bits per heavy atom. The van der Waals surface area contributed by atoms with Gasteiger partial charge in [0.2, 0.25) is 5.56 Å². The van der Waals surface area contributed by atoms with E-state index in [2.05, 4.69) is 20.4 Å². The predicted octanol–water partition coefficient (Wildman–Crippen LogP) is 1.10. The molecule has 0 aliphatic carbocycles. The zero-order valence-corrected chi connectivity index (χ0v) is 15.1. The second kappa shape index (κ2) is 7.44. The average molecular weight is 371 g/mol. The van der Waals surface area contributed by atoms with E-state index >= 15 is 0 Å². The number of aromatic nitrogens is 4. The molecule has 0 saturated heterocycles. The van der Waals surface area contributed by atoms with Gasteiger partial charge in [-0.1, -0.05) is 0 Å². The molecule has 0 unspecified atom stereocenters. The third kappa shape index (κ3) is 3.94. The molecule has 134 valence electrons. The molecular weight excluding hydrogens is 354 g/mol. The van der Waals surface area contributed by atoms with E-state index in [-0.39, 0.29) is 30.1 Å².